The van der Waals surface area contributed by atoms with Gasteiger partial charge in [0.15, 0.2) is 0 Å². The van der Waals surface area contributed by atoms with Gasteiger partial charge in [0.2, 0.25) is 0 Å². The van der Waals surface area contributed by atoms with E-state index in [9.17, 15) is 13.0 Å². The number of fused-ring (bicyclic) bond motifs is 1. The molecule has 0 aromatic heterocycles. The van der Waals surface area contributed by atoms with E-state index in [1.54, 1.807) is 6.07 Å². The van der Waals surface area contributed by atoms with Gasteiger partial charge in [-0.2, -0.15) is 0 Å². The number of hydrogen-bond acceptors (Lipinski definition) is 3. The molecule has 24 heavy (non-hydrogen) atoms. The van der Waals surface area contributed by atoms with Crippen molar-refractivity contribution in [3.8, 4) is 0 Å². The molecule has 0 saturated carbocycles. The van der Waals surface area contributed by atoms with E-state index >= 15 is 0 Å². The van der Waals surface area contributed by atoms with Gasteiger partial charge in [-0.05, 0) is 39.8 Å². The fraction of sp³-hybridized carbons (Fsp3) is 0.474. The maximum Gasteiger partial charge on any atom is 1.00 e. The molecule has 0 atom stereocenters. The first kappa shape index (κ1) is 21.7. The average molecular weight is 356 g/mol. The minimum absolute atomic E-state index is 0. The Balaban J connectivity index is 0.00000288. The zero-order valence-electron chi connectivity index (χ0n) is 15.7. The van der Waals surface area contributed by atoms with E-state index in [4.69, 9.17) is 0 Å². The molecule has 0 saturated heterocycles. The van der Waals surface area contributed by atoms with E-state index in [2.05, 4.69) is 19.9 Å². The van der Waals surface area contributed by atoms with Gasteiger partial charge in [-0.25, -0.2) is 8.42 Å². The van der Waals surface area contributed by atoms with Crippen LogP contribution in [0.2, 0.25) is 0 Å². The van der Waals surface area contributed by atoms with E-state index < -0.39 is 10.1 Å². The third kappa shape index (κ3) is 4.23. The molecule has 0 bridgehead atoms. The molecule has 0 amide bonds. The molecular weight excluding hydrogens is 331 g/mol. The summed E-state index contributed by atoms with van der Waals surface area (Å²) in [6.07, 6.45) is 0. The zero-order valence-corrected chi connectivity index (χ0v) is 18.5. The van der Waals surface area contributed by atoms with Gasteiger partial charge in [0.1, 0.15) is 10.1 Å². The summed E-state index contributed by atoms with van der Waals surface area (Å²) in [4.78, 5) is -0.0380. The van der Waals surface area contributed by atoms with E-state index in [1.807, 2.05) is 39.8 Å². The summed E-state index contributed by atoms with van der Waals surface area (Å²) in [6, 6.07) is 7.78. The monoisotopic (exact) mass is 356 g/mol. The summed E-state index contributed by atoms with van der Waals surface area (Å²) in [5.41, 5.74) is 2.70. The van der Waals surface area contributed by atoms with Crippen LogP contribution in [0.15, 0.2) is 29.2 Å². The van der Waals surface area contributed by atoms with Gasteiger partial charge in [-0.15, -0.1) is 0 Å². The molecule has 2 rings (SSSR count). The molecule has 0 aliphatic heterocycles. The topological polar surface area (TPSA) is 57.2 Å². The Hall–Kier alpha value is -0.390. The predicted molar refractivity (Wildman–Crippen MR) is 94.2 cm³/mol. The minimum Gasteiger partial charge on any atom is -0.744 e. The van der Waals surface area contributed by atoms with Crippen molar-refractivity contribution in [3.05, 3.63) is 41.0 Å². The first-order valence-electron chi connectivity index (χ1n) is 8.10. The SMILES string of the molecule is CC(C)c1cc(C(C)C)c2c(S(=O)(=O)[O-])c(C(C)C)ccc2c1.[Na+]. The van der Waals surface area contributed by atoms with Crippen LogP contribution in [0.1, 0.15) is 76.0 Å². The van der Waals surface area contributed by atoms with Crippen molar-refractivity contribution in [1.82, 2.24) is 0 Å². The number of rotatable bonds is 4. The van der Waals surface area contributed by atoms with Crippen LogP contribution in [0.5, 0.6) is 0 Å². The first-order chi connectivity index (χ1) is 10.5. The number of benzene rings is 2. The first-order valence-corrected chi connectivity index (χ1v) is 9.51. The fourth-order valence-corrected chi connectivity index (χ4v) is 4.10. The van der Waals surface area contributed by atoms with Gasteiger partial charge in [0, 0.05) is 5.39 Å². The largest absolute Gasteiger partial charge is 1.00 e. The second kappa shape index (κ2) is 7.88. The van der Waals surface area contributed by atoms with E-state index in [0.717, 1.165) is 16.5 Å². The average Bonchev–Trinajstić information content (AvgIpc) is 2.43. The van der Waals surface area contributed by atoms with Crippen LogP contribution in [-0.4, -0.2) is 13.0 Å². The molecule has 2 aromatic rings. The molecular formula is C19H25NaO3S. The summed E-state index contributed by atoms with van der Waals surface area (Å²) in [6.45, 7) is 12.1. The van der Waals surface area contributed by atoms with Crippen LogP contribution in [-0.2, 0) is 10.1 Å². The van der Waals surface area contributed by atoms with Gasteiger partial charge in [-0.1, -0.05) is 65.8 Å². The molecule has 0 unspecified atom stereocenters. The predicted octanol–water partition coefficient (Wildman–Crippen LogP) is 2.12. The van der Waals surface area contributed by atoms with Crippen molar-refractivity contribution in [2.75, 3.05) is 0 Å². The molecule has 0 heterocycles. The molecule has 0 fully saturated rings. The molecule has 0 spiro atoms. The summed E-state index contributed by atoms with van der Waals surface area (Å²) < 4.78 is 36.0. The Labute approximate surface area is 167 Å². The third-order valence-corrected chi connectivity index (χ3v) is 5.25. The molecule has 0 aliphatic carbocycles. The smallest absolute Gasteiger partial charge is 0.744 e. The molecule has 3 nitrogen and oxygen atoms in total. The summed E-state index contributed by atoms with van der Waals surface area (Å²) in [5.74, 6) is 0.455. The van der Waals surface area contributed by atoms with Crippen LogP contribution in [0.25, 0.3) is 10.8 Å². The Morgan fingerprint density at radius 2 is 1.38 bits per heavy atom. The molecule has 2 aromatic carbocycles. The van der Waals surface area contributed by atoms with Crippen molar-refractivity contribution in [3.63, 3.8) is 0 Å². The number of hydrogen-bond donors (Lipinski definition) is 0. The molecule has 0 N–H and O–H groups in total. The van der Waals surface area contributed by atoms with E-state index in [0.29, 0.717) is 16.9 Å². The van der Waals surface area contributed by atoms with Crippen LogP contribution < -0.4 is 29.6 Å². The van der Waals surface area contributed by atoms with Crippen LogP contribution in [0, 0.1) is 0 Å². The second-order valence-corrected chi connectivity index (χ2v) is 8.43. The van der Waals surface area contributed by atoms with Crippen molar-refractivity contribution < 1.29 is 42.5 Å². The van der Waals surface area contributed by atoms with Crippen molar-refractivity contribution in [1.29, 1.82) is 0 Å². The Morgan fingerprint density at radius 3 is 1.79 bits per heavy atom. The van der Waals surface area contributed by atoms with Crippen LogP contribution in [0.3, 0.4) is 0 Å². The van der Waals surface area contributed by atoms with Crippen molar-refractivity contribution >= 4 is 20.9 Å². The maximum absolute atomic E-state index is 12.0. The Morgan fingerprint density at radius 1 is 0.833 bits per heavy atom. The zero-order chi connectivity index (χ0) is 17.5. The van der Waals surface area contributed by atoms with Gasteiger partial charge in [0.25, 0.3) is 0 Å². The van der Waals surface area contributed by atoms with Crippen molar-refractivity contribution in [2.24, 2.45) is 0 Å². The fourth-order valence-electron chi connectivity index (χ4n) is 3.02. The summed E-state index contributed by atoms with van der Waals surface area (Å²) in [7, 11) is -4.54. The van der Waals surface area contributed by atoms with Gasteiger partial charge in [0.05, 0.1) is 4.90 Å². The molecule has 126 valence electrons. The quantitative estimate of drug-likeness (QED) is 0.623. The van der Waals surface area contributed by atoms with Gasteiger partial charge in [-0.3, -0.25) is 0 Å². The van der Waals surface area contributed by atoms with Crippen molar-refractivity contribution in [2.45, 2.75) is 64.2 Å². The normalized spacial score (nSPS) is 12.2. The summed E-state index contributed by atoms with van der Waals surface area (Å²) in [5, 5.41) is 1.43. The van der Waals surface area contributed by atoms with Gasteiger partial charge >= 0.3 is 29.6 Å². The second-order valence-electron chi connectivity index (χ2n) is 7.11. The maximum atomic E-state index is 12.0. The van der Waals surface area contributed by atoms with E-state index in [-0.39, 0.29) is 46.3 Å². The van der Waals surface area contributed by atoms with E-state index in [1.165, 1.54) is 0 Å². The molecule has 0 aliphatic rings. The van der Waals surface area contributed by atoms with Crippen LogP contribution >= 0.6 is 0 Å². The van der Waals surface area contributed by atoms with Crippen LogP contribution in [0.4, 0.5) is 0 Å². The third-order valence-electron chi connectivity index (χ3n) is 4.31. The standard InChI is InChI=1S/C19H26O3S.Na/c1-11(2)15-9-14-7-8-16(12(3)4)19(23(20,21)22)18(14)17(10-15)13(5)6;/h7-13H,1-6H3,(H,20,21,22);/q;+1/p-1. The summed E-state index contributed by atoms with van der Waals surface area (Å²) >= 11 is 0. The molecule has 0 radical (unpaired) electrons. The Bertz CT molecular complexity index is 837. The Kier molecular flexibility index (Phi) is 7.11. The molecule has 5 heteroatoms. The van der Waals surface area contributed by atoms with Gasteiger partial charge < -0.3 is 4.55 Å². The minimum atomic E-state index is -4.54.